The molecule has 1 heterocycles. The molecule has 1 atom stereocenters. The van der Waals surface area contributed by atoms with Crippen LogP contribution in [0.2, 0.25) is 0 Å². The first-order chi connectivity index (χ1) is 7.33. The van der Waals surface area contributed by atoms with Gasteiger partial charge in [-0.15, -0.1) is 0 Å². The number of urea groups is 1. The van der Waals surface area contributed by atoms with E-state index in [4.69, 9.17) is 0 Å². The van der Waals surface area contributed by atoms with Crippen molar-refractivity contribution in [3.05, 3.63) is 35.9 Å². The average Bonchev–Trinajstić information content (AvgIpc) is 2.18. The van der Waals surface area contributed by atoms with Gasteiger partial charge in [0.2, 0.25) is 0 Å². The zero-order valence-electron chi connectivity index (χ0n) is 8.64. The van der Waals surface area contributed by atoms with E-state index >= 15 is 0 Å². The van der Waals surface area contributed by atoms with Crippen molar-refractivity contribution in [2.45, 2.75) is 12.5 Å². The number of benzene rings is 1. The molecule has 0 aromatic heterocycles. The van der Waals surface area contributed by atoms with Crippen LogP contribution in [-0.2, 0) is 4.84 Å². The fourth-order valence-corrected chi connectivity index (χ4v) is 1.80. The molecule has 1 aromatic rings. The number of hydroxylamine groups is 1. The van der Waals surface area contributed by atoms with Crippen LogP contribution in [0.25, 0.3) is 0 Å². The molecule has 15 heavy (non-hydrogen) atoms. The molecule has 0 spiro atoms. The molecule has 1 saturated heterocycles. The lowest BCUT2D eigenvalue weighted by molar-refractivity contribution is 0.0528. The largest absolute Gasteiger partial charge is 0.341 e. The Balaban J connectivity index is 2.03. The van der Waals surface area contributed by atoms with Crippen molar-refractivity contribution in [2.75, 3.05) is 13.7 Å². The lowest BCUT2D eigenvalue weighted by Crippen LogP contribution is -2.49. The van der Waals surface area contributed by atoms with E-state index in [1.54, 1.807) is 4.90 Å². The Labute approximate surface area is 88.8 Å². The third kappa shape index (κ3) is 1.94. The molecule has 0 radical (unpaired) electrons. The summed E-state index contributed by atoms with van der Waals surface area (Å²) < 4.78 is 0. The van der Waals surface area contributed by atoms with Gasteiger partial charge in [0.05, 0.1) is 13.2 Å². The Kier molecular flexibility index (Phi) is 2.87. The number of rotatable bonds is 2. The first-order valence-corrected chi connectivity index (χ1v) is 4.97. The van der Waals surface area contributed by atoms with E-state index in [1.807, 2.05) is 30.3 Å². The number of hydrogen-bond acceptors (Lipinski definition) is 2. The smallest absolute Gasteiger partial charge is 0.316 e. The van der Waals surface area contributed by atoms with E-state index in [1.165, 1.54) is 12.7 Å². The number of carbonyl (C=O) groups is 1. The molecule has 4 nitrogen and oxygen atoms in total. The predicted molar refractivity (Wildman–Crippen MR) is 56.0 cm³/mol. The van der Waals surface area contributed by atoms with Crippen molar-refractivity contribution in [2.24, 2.45) is 0 Å². The van der Waals surface area contributed by atoms with Gasteiger partial charge in [0.15, 0.2) is 0 Å². The van der Waals surface area contributed by atoms with Crippen LogP contribution in [0.1, 0.15) is 18.0 Å². The lowest BCUT2D eigenvalue weighted by atomic mass is 9.95. The summed E-state index contributed by atoms with van der Waals surface area (Å²) in [5.74, 6) is 0. The molecule has 1 aliphatic rings. The summed E-state index contributed by atoms with van der Waals surface area (Å²) in [6.07, 6.45) is 1.02. The topological polar surface area (TPSA) is 41.6 Å². The maximum absolute atomic E-state index is 11.5. The summed E-state index contributed by atoms with van der Waals surface area (Å²) in [7, 11) is 1.44. The van der Waals surface area contributed by atoms with E-state index in [-0.39, 0.29) is 12.1 Å². The highest BCUT2D eigenvalue weighted by molar-refractivity contribution is 5.74. The van der Waals surface area contributed by atoms with Gasteiger partial charge in [-0.25, -0.2) is 10.3 Å². The zero-order chi connectivity index (χ0) is 10.7. The maximum atomic E-state index is 11.5. The van der Waals surface area contributed by atoms with Crippen molar-refractivity contribution >= 4 is 6.03 Å². The Morgan fingerprint density at radius 3 is 2.73 bits per heavy atom. The fourth-order valence-electron chi connectivity index (χ4n) is 1.80. The Morgan fingerprint density at radius 2 is 2.20 bits per heavy atom. The molecule has 2 rings (SSSR count). The average molecular weight is 206 g/mol. The van der Waals surface area contributed by atoms with E-state index in [9.17, 15) is 4.79 Å². The fraction of sp³-hybridized carbons (Fsp3) is 0.364. The number of hydrogen-bond donors (Lipinski definition) is 1. The van der Waals surface area contributed by atoms with Crippen molar-refractivity contribution in [3.63, 3.8) is 0 Å². The molecule has 1 N–H and O–H groups in total. The third-order valence-electron chi connectivity index (χ3n) is 2.65. The Hall–Kier alpha value is -1.55. The van der Waals surface area contributed by atoms with Crippen LogP contribution in [-0.4, -0.2) is 24.6 Å². The van der Waals surface area contributed by atoms with Gasteiger partial charge in [0.1, 0.15) is 0 Å². The quantitative estimate of drug-likeness (QED) is 0.748. The van der Waals surface area contributed by atoms with Gasteiger partial charge in [-0.05, 0) is 12.0 Å². The Morgan fingerprint density at radius 1 is 1.47 bits per heavy atom. The summed E-state index contributed by atoms with van der Waals surface area (Å²) >= 11 is 0. The van der Waals surface area contributed by atoms with Gasteiger partial charge in [-0.3, -0.25) is 4.84 Å². The Bertz CT molecular complexity index is 340. The third-order valence-corrected chi connectivity index (χ3v) is 2.65. The van der Waals surface area contributed by atoms with E-state index in [0.717, 1.165) is 13.0 Å². The number of nitrogens with one attached hydrogen (secondary N) is 1. The van der Waals surface area contributed by atoms with E-state index < -0.39 is 0 Å². The summed E-state index contributed by atoms with van der Waals surface area (Å²) in [5, 5.41) is 0. The highest BCUT2D eigenvalue weighted by atomic mass is 16.6. The number of likely N-dealkylation sites (tertiary alicyclic amines) is 1. The second-order valence-corrected chi connectivity index (χ2v) is 3.52. The van der Waals surface area contributed by atoms with E-state index in [0.29, 0.717) is 0 Å². The number of nitrogens with zero attached hydrogens (tertiary/aromatic N) is 1. The summed E-state index contributed by atoms with van der Waals surface area (Å²) in [5.41, 5.74) is 3.51. The molecule has 1 fully saturated rings. The lowest BCUT2D eigenvalue weighted by Gasteiger charge is -2.40. The number of carbonyl (C=O) groups excluding carboxylic acids is 1. The van der Waals surface area contributed by atoms with Crippen molar-refractivity contribution in [1.82, 2.24) is 10.4 Å². The minimum atomic E-state index is -0.169. The standard InChI is InChI=1S/C11H14N2O2/c1-15-12-11(14)13-8-7-10(13)9-5-3-2-4-6-9/h2-6,10H,7-8H2,1H3,(H,12,14)/t10-/m0/s1. The van der Waals surface area contributed by atoms with Crippen molar-refractivity contribution in [3.8, 4) is 0 Å². The van der Waals surface area contributed by atoms with Gasteiger partial charge >= 0.3 is 6.03 Å². The first kappa shape index (κ1) is 9.98. The van der Waals surface area contributed by atoms with Gasteiger partial charge < -0.3 is 4.90 Å². The molecule has 80 valence electrons. The molecule has 0 bridgehead atoms. The maximum Gasteiger partial charge on any atom is 0.341 e. The SMILES string of the molecule is CONC(=O)N1CC[C@H]1c1ccccc1. The normalized spacial score (nSPS) is 19.5. The molecule has 4 heteroatoms. The molecule has 0 unspecified atom stereocenters. The van der Waals surface area contributed by atoms with Crippen LogP contribution >= 0.6 is 0 Å². The summed E-state index contributed by atoms with van der Waals surface area (Å²) in [6, 6.07) is 10.1. The van der Waals surface area contributed by atoms with Gasteiger partial charge in [0.25, 0.3) is 0 Å². The second kappa shape index (κ2) is 4.31. The van der Waals surface area contributed by atoms with Crippen LogP contribution < -0.4 is 5.48 Å². The first-order valence-electron chi connectivity index (χ1n) is 4.97. The summed E-state index contributed by atoms with van der Waals surface area (Å²) in [4.78, 5) is 17.9. The molecule has 2 amide bonds. The van der Waals surface area contributed by atoms with Crippen LogP contribution in [0, 0.1) is 0 Å². The highest BCUT2D eigenvalue weighted by Gasteiger charge is 2.33. The highest BCUT2D eigenvalue weighted by Crippen LogP contribution is 2.32. The van der Waals surface area contributed by atoms with Crippen LogP contribution in [0.15, 0.2) is 30.3 Å². The molecular formula is C11H14N2O2. The van der Waals surface area contributed by atoms with Crippen LogP contribution in [0.5, 0.6) is 0 Å². The van der Waals surface area contributed by atoms with Gasteiger partial charge in [0, 0.05) is 6.54 Å². The minimum absolute atomic E-state index is 0.169. The van der Waals surface area contributed by atoms with Gasteiger partial charge in [-0.2, -0.15) is 0 Å². The molecule has 0 saturated carbocycles. The van der Waals surface area contributed by atoms with Crippen LogP contribution in [0.3, 0.4) is 0 Å². The monoisotopic (exact) mass is 206 g/mol. The minimum Gasteiger partial charge on any atom is -0.316 e. The molecule has 0 aliphatic carbocycles. The van der Waals surface area contributed by atoms with E-state index in [2.05, 4.69) is 10.3 Å². The molecular weight excluding hydrogens is 192 g/mol. The van der Waals surface area contributed by atoms with Crippen molar-refractivity contribution in [1.29, 1.82) is 0 Å². The zero-order valence-corrected chi connectivity index (χ0v) is 8.64. The summed E-state index contributed by atoms with van der Waals surface area (Å²) in [6.45, 7) is 0.786. The molecule has 1 aromatic carbocycles. The van der Waals surface area contributed by atoms with Crippen molar-refractivity contribution < 1.29 is 9.63 Å². The second-order valence-electron chi connectivity index (χ2n) is 3.52. The van der Waals surface area contributed by atoms with Crippen LogP contribution in [0.4, 0.5) is 4.79 Å². The molecule has 1 aliphatic heterocycles. The predicted octanol–water partition coefficient (Wildman–Crippen LogP) is 1.70. The number of amides is 2. The van der Waals surface area contributed by atoms with Gasteiger partial charge in [-0.1, -0.05) is 30.3 Å².